The highest BCUT2D eigenvalue weighted by atomic mass is 16.5. The number of likely N-dealkylation sites (tertiary alicyclic amines) is 1. The van der Waals surface area contributed by atoms with Crippen molar-refractivity contribution in [2.45, 2.75) is 25.3 Å². The van der Waals surface area contributed by atoms with Gasteiger partial charge in [0.15, 0.2) is 5.69 Å². The topological polar surface area (TPSA) is 113 Å². The number of aliphatic hydroxyl groups is 1. The number of anilines is 1. The molecule has 1 aromatic carbocycles. The van der Waals surface area contributed by atoms with Crippen molar-refractivity contribution in [1.82, 2.24) is 19.7 Å². The van der Waals surface area contributed by atoms with Crippen molar-refractivity contribution >= 4 is 5.95 Å². The van der Waals surface area contributed by atoms with Crippen LogP contribution in [0.5, 0.6) is 11.5 Å². The molecule has 150 valence electrons. The quantitative estimate of drug-likeness (QED) is 0.674. The summed E-state index contributed by atoms with van der Waals surface area (Å²) in [7, 11) is 1.64. The van der Waals surface area contributed by atoms with Crippen molar-refractivity contribution in [3.63, 3.8) is 0 Å². The van der Waals surface area contributed by atoms with E-state index in [1.165, 1.54) is 4.57 Å². The van der Waals surface area contributed by atoms with Gasteiger partial charge >= 0.3 is 0 Å². The number of benzene rings is 1. The normalized spacial score (nSPS) is 19.3. The van der Waals surface area contributed by atoms with Crippen LogP contribution in [-0.4, -0.2) is 68.8 Å². The van der Waals surface area contributed by atoms with Crippen molar-refractivity contribution in [1.29, 1.82) is 0 Å². The minimum atomic E-state index is -0.324. The monoisotopic (exact) mass is 387 g/mol. The van der Waals surface area contributed by atoms with E-state index in [2.05, 4.69) is 20.4 Å². The van der Waals surface area contributed by atoms with Crippen molar-refractivity contribution in [3.05, 3.63) is 28.0 Å². The number of aromatic nitrogens is 3. The Bertz CT molecular complexity index is 927. The third kappa shape index (κ3) is 3.43. The first-order chi connectivity index (χ1) is 13.6. The number of aliphatic hydroxyl groups excluding tert-OH is 1. The van der Waals surface area contributed by atoms with Gasteiger partial charge in [-0.1, -0.05) is 0 Å². The Morgan fingerprint density at radius 2 is 2.21 bits per heavy atom. The van der Waals surface area contributed by atoms with E-state index in [1.807, 2.05) is 0 Å². The first kappa shape index (κ1) is 18.7. The van der Waals surface area contributed by atoms with E-state index in [4.69, 9.17) is 9.84 Å². The number of piperidine rings is 1. The van der Waals surface area contributed by atoms with Crippen molar-refractivity contribution in [2.24, 2.45) is 7.05 Å². The molecule has 3 N–H and O–H groups in total. The number of phenols is 1. The second-order valence-electron chi connectivity index (χ2n) is 7.28. The van der Waals surface area contributed by atoms with E-state index < -0.39 is 0 Å². The van der Waals surface area contributed by atoms with Crippen molar-refractivity contribution in [3.8, 4) is 22.8 Å². The zero-order chi connectivity index (χ0) is 19.7. The van der Waals surface area contributed by atoms with Gasteiger partial charge in [-0.05, 0) is 31.5 Å². The minimum absolute atomic E-state index is 0.0361. The number of aromatic hydroxyl groups is 1. The molecule has 1 fully saturated rings. The van der Waals surface area contributed by atoms with Crippen molar-refractivity contribution in [2.75, 3.05) is 38.2 Å². The van der Waals surface area contributed by atoms with E-state index in [-0.39, 0.29) is 29.7 Å². The maximum absolute atomic E-state index is 12.9. The number of rotatable bonds is 5. The van der Waals surface area contributed by atoms with Gasteiger partial charge in [0, 0.05) is 38.2 Å². The lowest BCUT2D eigenvalue weighted by atomic mass is 10.0. The molecule has 0 radical (unpaired) electrons. The summed E-state index contributed by atoms with van der Waals surface area (Å²) in [4.78, 5) is 15.1. The van der Waals surface area contributed by atoms with Gasteiger partial charge in [0.05, 0.1) is 18.8 Å². The Labute approximate surface area is 162 Å². The molecule has 0 unspecified atom stereocenters. The number of nitrogens with one attached hydrogen (secondary N) is 1. The van der Waals surface area contributed by atoms with Gasteiger partial charge in [-0.3, -0.25) is 14.3 Å². The zero-order valence-electron chi connectivity index (χ0n) is 15.9. The maximum atomic E-state index is 12.9. The molecule has 9 heteroatoms. The molecule has 0 aliphatic carbocycles. The fourth-order valence-electron chi connectivity index (χ4n) is 3.91. The zero-order valence-corrected chi connectivity index (χ0v) is 15.9. The van der Waals surface area contributed by atoms with Crippen LogP contribution in [0.15, 0.2) is 16.9 Å². The van der Waals surface area contributed by atoms with Gasteiger partial charge in [-0.25, -0.2) is 0 Å². The number of β-amino-alcohol motifs (C(OH)–C–C–N with tert-alkyl or cyclic N) is 1. The van der Waals surface area contributed by atoms with Gasteiger partial charge in [0.2, 0.25) is 5.95 Å². The van der Waals surface area contributed by atoms with Crippen LogP contribution in [0.25, 0.3) is 11.3 Å². The fraction of sp³-hybridized carbons (Fsp3) is 0.526. The second kappa shape index (κ2) is 7.76. The highest BCUT2D eigenvalue weighted by Crippen LogP contribution is 2.38. The molecule has 0 amide bonds. The number of nitrogens with zero attached hydrogens (tertiary/aromatic N) is 4. The Kier molecular flexibility index (Phi) is 5.19. The first-order valence-corrected chi connectivity index (χ1v) is 9.60. The summed E-state index contributed by atoms with van der Waals surface area (Å²) in [6.45, 7) is 3.04. The predicted molar refractivity (Wildman–Crippen MR) is 104 cm³/mol. The molecular formula is C19H25N5O4. The Balaban J connectivity index is 1.59. The van der Waals surface area contributed by atoms with Crippen LogP contribution in [0.3, 0.4) is 0 Å². The molecule has 1 aromatic heterocycles. The summed E-state index contributed by atoms with van der Waals surface area (Å²) in [6, 6.07) is 3.53. The lowest BCUT2D eigenvalue weighted by Gasteiger charge is -2.33. The SMILES string of the molecule is Cn1c(N[C@@H]2CCCN(CCO)C2)nnc(-c2ccc3c(c2O)CCO3)c1=O. The van der Waals surface area contributed by atoms with E-state index in [0.717, 1.165) is 25.9 Å². The van der Waals surface area contributed by atoms with E-state index >= 15 is 0 Å². The average Bonchev–Trinajstić information content (AvgIpc) is 3.17. The first-order valence-electron chi connectivity index (χ1n) is 9.60. The molecular weight excluding hydrogens is 362 g/mol. The second-order valence-corrected chi connectivity index (χ2v) is 7.28. The molecule has 2 aromatic rings. The lowest BCUT2D eigenvalue weighted by Crippen LogP contribution is -2.44. The summed E-state index contributed by atoms with van der Waals surface area (Å²) >= 11 is 0. The van der Waals surface area contributed by atoms with Crippen LogP contribution in [0.1, 0.15) is 18.4 Å². The summed E-state index contributed by atoms with van der Waals surface area (Å²) in [5.74, 6) is 1.08. The van der Waals surface area contributed by atoms with E-state index in [9.17, 15) is 9.90 Å². The number of hydrogen-bond donors (Lipinski definition) is 3. The van der Waals surface area contributed by atoms with Crippen LogP contribution >= 0.6 is 0 Å². The largest absolute Gasteiger partial charge is 0.507 e. The molecule has 9 nitrogen and oxygen atoms in total. The molecule has 28 heavy (non-hydrogen) atoms. The smallest absolute Gasteiger partial charge is 0.281 e. The van der Waals surface area contributed by atoms with Crippen LogP contribution in [0.4, 0.5) is 5.95 Å². The van der Waals surface area contributed by atoms with Crippen molar-refractivity contribution < 1.29 is 14.9 Å². The van der Waals surface area contributed by atoms with Gasteiger partial charge in [0.1, 0.15) is 11.5 Å². The number of hydrogen-bond acceptors (Lipinski definition) is 8. The molecule has 3 heterocycles. The van der Waals surface area contributed by atoms with Crippen LogP contribution < -0.4 is 15.6 Å². The summed E-state index contributed by atoms with van der Waals surface area (Å²) in [5.41, 5.74) is 0.867. The van der Waals surface area contributed by atoms with Crippen LogP contribution in [0, 0.1) is 0 Å². The van der Waals surface area contributed by atoms with Gasteiger partial charge in [0.25, 0.3) is 5.56 Å². The third-order valence-corrected chi connectivity index (χ3v) is 5.43. The van der Waals surface area contributed by atoms with Crippen LogP contribution in [0.2, 0.25) is 0 Å². The summed E-state index contributed by atoms with van der Waals surface area (Å²) < 4.78 is 6.87. The molecule has 0 saturated carbocycles. The lowest BCUT2D eigenvalue weighted by molar-refractivity contribution is 0.166. The fourth-order valence-corrected chi connectivity index (χ4v) is 3.91. The molecule has 0 spiro atoms. The molecule has 2 aliphatic rings. The highest BCUT2D eigenvalue weighted by Gasteiger charge is 2.24. The van der Waals surface area contributed by atoms with E-state index in [0.29, 0.717) is 42.4 Å². The van der Waals surface area contributed by atoms with Gasteiger partial charge < -0.3 is 20.3 Å². The molecule has 0 bridgehead atoms. The average molecular weight is 387 g/mol. The molecule has 2 aliphatic heterocycles. The Hall–Kier alpha value is -2.65. The molecule has 1 atom stereocenters. The number of fused-ring (bicyclic) bond motifs is 1. The molecule has 4 rings (SSSR count). The highest BCUT2D eigenvalue weighted by molar-refractivity contribution is 5.71. The number of ether oxygens (including phenoxy) is 1. The maximum Gasteiger partial charge on any atom is 0.281 e. The summed E-state index contributed by atoms with van der Waals surface area (Å²) in [5, 5.41) is 31.3. The van der Waals surface area contributed by atoms with E-state index in [1.54, 1.807) is 19.2 Å². The predicted octanol–water partition coefficient (Wildman–Crippen LogP) is 0.351. The van der Waals surface area contributed by atoms with Crippen LogP contribution in [-0.2, 0) is 13.5 Å². The minimum Gasteiger partial charge on any atom is -0.507 e. The molecule has 1 saturated heterocycles. The van der Waals surface area contributed by atoms with Gasteiger partial charge in [-0.2, -0.15) is 0 Å². The Morgan fingerprint density at radius 3 is 3.04 bits per heavy atom. The Morgan fingerprint density at radius 1 is 1.36 bits per heavy atom. The summed E-state index contributed by atoms with van der Waals surface area (Å²) in [6.07, 6.45) is 2.59. The standard InChI is InChI=1S/C19H25N5O4/c1-23-18(27)16(14-4-5-15-13(17(14)26)6-10-28-15)21-22-19(23)20-12-3-2-7-24(11-12)8-9-25/h4-5,12,25-26H,2-3,6-11H2,1H3,(H,20,22)/t12-/m1/s1. The number of phenolic OH excluding ortho intramolecular Hbond substituents is 1. The third-order valence-electron chi connectivity index (χ3n) is 5.43. The van der Waals surface area contributed by atoms with Gasteiger partial charge in [-0.15, -0.1) is 10.2 Å².